The lowest BCUT2D eigenvalue weighted by Gasteiger charge is -2.02. The molecule has 0 aliphatic rings. The molecule has 3 heterocycles. The summed E-state index contributed by atoms with van der Waals surface area (Å²) < 4.78 is 14.6. The minimum absolute atomic E-state index is 0.158. The van der Waals surface area contributed by atoms with E-state index in [1.165, 1.54) is 0 Å². The second-order valence-corrected chi connectivity index (χ2v) is 5.09. The third kappa shape index (κ3) is 2.20. The Bertz CT molecular complexity index is 1050. The molecule has 4 rings (SSSR count). The second kappa shape index (κ2) is 5.17. The number of pyridine rings is 1. The van der Waals surface area contributed by atoms with E-state index in [0.29, 0.717) is 16.6 Å². The Morgan fingerprint density at radius 3 is 2.61 bits per heavy atom. The molecule has 2 N–H and O–H groups in total. The molecule has 0 atom stereocenters. The number of fused-ring (bicyclic) bond motifs is 1. The van der Waals surface area contributed by atoms with Gasteiger partial charge in [0, 0.05) is 28.9 Å². The summed E-state index contributed by atoms with van der Waals surface area (Å²) in [6, 6.07) is 12.1. The summed E-state index contributed by atoms with van der Waals surface area (Å²) in [7, 11) is 0. The van der Waals surface area contributed by atoms with Gasteiger partial charge in [0.2, 0.25) is 0 Å². The number of nitrogens with one attached hydrogen (secondary N) is 2. The molecular weight excluding hydrogens is 295 g/mol. The van der Waals surface area contributed by atoms with Gasteiger partial charge in [0.1, 0.15) is 0 Å². The van der Waals surface area contributed by atoms with Crippen molar-refractivity contribution in [3.8, 4) is 22.5 Å². The van der Waals surface area contributed by atoms with Crippen LogP contribution in [0.15, 0.2) is 59.7 Å². The van der Waals surface area contributed by atoms with Gasteiger partial charge in [0.25, 0.3) is 5.56 Å². The summed E-state index contributed by atoms with van der Waals surface area (Å²) in [5.41, 5.74) is 1.88. The summed E-state index contributed by atoms with van der Waals surface area (Å²) >= 11 is 0. The predicted molar refractivity (Wildman–Crippen MR) is 85.3 cm³/mol. The van der Waals surface area contributed by atoms with E-state index >= 15 is 0 Å². The number of aromatic amines is 2. The van der Waals surface area contributed by atoms with E-state index in [1.54, 1.807) is 54.9 Å². The van der Waals surface area contributed by atoms with Gasteiger partial charge in [-0.05, 0) is 30.3 Å². The Labute approximate surface area is 129 Å². The van der Waals surface area contributed by atoms with E-state index in [2.05, 4.69) is 20.2 Å². The number of hydrogen-bond acceptors (Lipinski definition) is 3. The molecule has 23 heavy (non-hydrogen) atoms. The minimum Gasteiger partial charge on any atom is -0.352 e. The highest BCUT2D eigenvalue weighted by Gasteiger charge is 2.16. The van der Waals surface area contributed by atoms with Crippen LogP contribution in [0.5, 0.6) is 0 Å². The zero-order valence-corrected chi connectivity index (χ0v) is 11.9. The summed E-state index contributed by atoms with van der Waals surface area (Å²) in [4.78, 5) is 19.0. The molecule has 6 heteroatoms. The molecule has 0 spiro atoms. The van der Waals surface area contributed by atoms with E-state index < -0.39 is 11.4 Å². The van der Waals surface area contributed by atoms with Crippen LogP contribution in [-0.2, 0) is 0 Å². The molecule has 0 amide bonds. The highest BCUT2D eigenvalue weighted by atomic mass is 19.1. The van der Waals surface area contributed by atoms with Crippen molar-refractivity contribution in [2.24, 2.45) is 0 Å². The van der Waals surface area contributed by atoms with Crippen molar-refractivity contribution in [1.82, 2.24) is 20.2 Å². The van der Waals surface area contributed by atoms with Gasteiger partial charge in [-0.3, -0.25) is 9.78 Å². The van der Waals surface area contributed by atoms with Crippen molar-refractivity contribution >= 4 is 10.9 Å². The molecule has 5 nitrogen and oxygen atoms in total. The summed E-state index contributed by atoms with van der Waals surface area (Å²) in [6.45, 7) is 0. The zero-order chi connectivity index (χ0) is 15.8. The molecule has 4 aromatic rings. The fourth-order valence-corrected chi connectivity index (χ4v) is 2.56. The molecule has 112 valence electrons. The van der Waals surface area contributed by atoms with Gasteiger partial charge in [-0.2, -0.15) is 5.10 Å². The lowest BCUT2D eigenvalue weighted by atomic mass is 10.1. The number of nitrogens with zero attached hydrogens (tertiary/aromatic N) is 2. The molecule has 0 bridgehead atoms. The van der Waals surface area contributed by atoms with Crippen LogP contribution >= 0.6 is 0 Å². The number of rotatable bonds is 2. The van der Waals surface area contributed by atoms with E-state index in [4.69, 9.17) is 0 Å². The fraction of sp³-hybridized carbons (Fsp3) is 0. The van der Waals surface area contributed by atoms with Crippen molar-refractivity contribution in [1.29, 1.82) is 0 Å². The number of aromatic nitrogens is 4. The molecule has 0 aliphatic heterocycles. The average Bonchev–Trinajstić information content (AvgIpc) is 2.93. The first-order valence-electron chi connectivity index (χ1n) is 7.01. The Kier molecular flexibility index (Phi) is 3.01. The Morgan fingerprint density at radius 2 is 1.83 bits per heavy atom. The third-order valence-electron chi connectivity index (χ3n) is 3.69. The van der Waals surface area contributed by atoms with Gasteiger partial charge in [0.15, 0.2) is 5.82 Å². The van der Waals surface area contributed by atoms with Crippen LogP contribution < -0.4 is 5.56 Å². The number of H-pyrrole nitrogens is 2. The summed E-state index contributed by atoms with van der Waals surface area (Å²) in [5.74, 6) is -0.446. The van der Waals surface area contributed by atoms with Crippen LogP contribution in [0.1, 0.15) is 0 Å². The smallest absolute Gasteiger partial charge is 0.273 e. The van der Waals surface area contributed by atoms with Gasteiger partial charge in [0.05, 0.1) is 17.0 Å². The van der Waals surface area contributed by atoms with Crippen molar-refractivity contribution in [2.45, 2.75) is 0 Å². The first-order valence-corrected chi connectivity index (χ1v) is 7.01. The number of hydrogen-bond donors (Lipinski definition) is 2. The lowest BCUT2D eigenvalue weighted by molar-refractivity contribution is 0.642. The van der Waals surface area contributed by atoms with Gasteiger partial charge >= 0.3 is 0 Å². The van der Waals surface area contributed by atoms with Crippen LogP contribution in [0.25, 0.3) is 33.4 Å². The molecule has 1 aromatic carbocycles. The lowest BCUT2D eigenvalue weighted by Crippen LogP contribution is -2.12. The van der Waals surface area contributed by atoms with E-state index in [9.17, 15) is 9.18 Å². The molecule has 0 saturated heterocycles. The monoisotopic (exact) mass is 306 g/mol. The highest BCUT2D eigenvalue weighted by molar-refractivity contribution is 5.87. The topological polar surface area (TPSA) is 74.4 Å². The Balaban J connectivity index is 1.94. The summed E-state index contributed by atoms with van der Waals surface area (Å²) in [5, 5.41) is 6.89. The summed E-state index contributed by atoms with van der Waals surface area (Å²) in [6.07, 6.45) is 3.26. The van der Waals surface area contributed by atoms with E-state index in [-0.39, 0.29) is 11.3 Å². The van der Waals surface area contributed by atoms with Gasteiger partial charge in [-0.25, -0.2) is 9.49 Å². The fourth-order valence-electron chi connectivity index (χ4n) is 2.56. The van der Waals surface area contributed by atoms with Gasteiger partial charge in [-0.1, -0.05) is 12.1 Å². The molecular formula is C17H11FN4O. The van der Waals surface area contributed by atoms with Crippen molar-refractivity contribution in [2.75, 3.05) is 0 Å². The molecule has 0 aliphatic carbocycles. The van der Waals surface area contributed by atoms with E-state index in [1.807, 2.05) is 0 Å². The Hall–Kier alpha value is -3.28. The zero-order valence-electron chi connectivity index (χ0n) is 11.9. The maximum atomic E-state index is 14.6. The number of para-hydroxylation sites is 1. The van der Waals surface area contributed by atoms with Crippen molar-refractivity contribution in [3.63, 3.8) is 0 Å². The van der Waals surface area contributed by atoms with Crippen molar-refractivity contribution < 1.29 is 4.39 Å². The van der Waals surface area contributed by atoms with Crippen LogP contribution in [0.4, 0.5) is 4.39 Å². The van der Waals surface area contributed by atoms with Crippen LogP contribution in [0, 0.1) is 5.82 Å². The quantitative estimate of drug-likeness (QED) is 0.597. The predicted octanol–water partition coefficient (Wildman–Crippen LogP) is 3.12. The molecule has 0 unspecified atom stereocenters. The Morgan fingerprint density at radius 1 is 1.04 bits per heavy atom. The van der Waals surface area contributed by atoms with Crippen LogP contribution in [0.3, 0.4) is 0 Å². The molecule has 0 radical (unpaired) electrons. The first-order chi connectivity index (χ1) is 11.2. The molecule has 0 saturated carbocycles. The minimum atomic E-state index is -0.451. The van der Waals surface area contributed by atoms with E-state index in [0.717, 1.165) is 5.56 Å². The van der Waals surface area contributed by atoms with Gasteiger partial charge < -0.3 is 4.98 Å². The highest BCUT2D eigenvalue weighted by Crippen LogP contribution is 2.28. The normalized spacial score (nSPS) is 11.0. The SMILES string of the molecule is O=c1[nH]nc(-c2ccncc2)cc1-c1[nH]c2ccccc2c1F. The average molecular weight is 306 g/mol. The van der Waals surface area contributed by atoms with Crippen LogP contribution in [-0.4, -0.2) is 20.2 Å². The first kappa shape index (κ1) is 13.4. The molecule has 3 aromatic heterocycles. The largest absolute Gasteiger partial charge is 0.352 e. The molecule has 0 fully saturated rings. The van der Waals surface area contributed by atoms with Gasteiger partial charge in [-0.15, -0.1) is 0 Å². The number of benzene rings is 1. The third-order valence-corrected chi connectivity index (χ3v) is 3.69. The number of halogens is 1. The van der Waals surface area contributed by atoms with Crippen LogP contribution in [0.2, 0.25) is 0 Å². The maximum absolute atomic E-state index is 14.6. The maximum Gasteiger partial charge on any atom is 0.273 e. The van der Waals surface area contributed by atoms with Crippen molar-refractivity contribution in [3.05, 3.63) is 71.0 Å². The second-order valence-electron chi connectivity index (χ2n) is 5.09. The standard InChI is InChI=1S/C17H11FN4O/c18-15-11-3-1-2-4-13(11)20-16(15)12-9-14(21-22-17(12)23)10-5-7-19-8-6-10/h1-9,20H,(H,22,23).